The number of nitrogen functional groups attached to an aromatic ring is 1. The highest BCUT2D eigenvalue weighted by Crippen LogP contribution is 2.33. The van der Waals surface area contributed by atoms with E-state index >= 15 is 0 Å². The summed E-state index contributed by atoms with van der Waals surface area (Å²) in [7, 11) is 3.84. The molecule has 2 heterocycles. The van der Waals surface area contributed by atoms with E-state index in [1.165, 1.54) is 4.90 Å². The van der Waals surface area contributed by atoms with E-state index < -0.39 is 17.9 Å². The summed E-state index contributed by atoms with van der Waals surface area (Å²) in [6.07, 6.45) is 1.73. The number of rotatable bonds is 9. The van der Waals surface area contributed by atoms with Gasteiger partial charge in [0.05, 0.1) is 11.8 Å². The van der Waals surface area contributed by atoms with Gasteiger partial charge in [-0.05, 0) is 54.2 Å². The van der Waals surface area contributed by atoms with E-state index in [4.69, 9.17) is 16.2 Å². The van der Waals surface area contributed by atoms with Gasteiger partial charge in [0, 0.05) is 38.6 Å². The molecule has 0 unspecified atom stereocenters. The van der Waals surface area contributed by atoms with Crippen molar-refractivity contribution in [2.45, 2.75) is 25.0 Å². The second-order valence-electron chi connectivity index (χ2n) is 8.92. The molecular weight excluding hydrogens is 492 g/mol. The molecule has 0 bridgehead atoms. The lowest BCUT2D eigenvalue weighted by molar-refractivity contribution is -0.123. The fourth-order valence-corrected chi connectivity index (χ4v) is 4.94. The van der Waals surface area contributed by atoms with E-state index in [-0.39, 0.29) is 28.3 Å². The molecule has 3 amide bonds. The maximum atomic E-state index is 14.0. The molecule has 4 rings (SSSR count). The van der Waals surface area contributed by atoms with Crippen LogP contribution in [0, 0.1) is 0 Å². The second-order valence-corrected chi connectivity index (χ2v) is 9.69. The molecule has 2 atom stereocenters. The maximum Gasteiger partial charge on any atom is 0.273 e. The second kappa shape index (κ2) is 11.4. The largest absolute Gasteiger partial charge is 0.395 e. The number of nitrogens with one attached hydrogen (secondary N) is 1. The molecular formula is C26H30N6O4S. The molecule has 2 aromatic carbocycles. The van der Waals surface area contributed by atoms with Crippen molar-refractivity contribution < 1.29 is 19.1 Å². The average Bonchev–Trinajstić information content (AvgIpc) is 3.55. The summed E-state index contributed by atoms with van der Waals surface area (Å²) in [6.45, 7) is 0.994. The van der Waals surface area contributed by atoms with Crippen LogP contribution in [0.1, 0.15) is 44.6 Å². The Morgan fingerprint density at radius 3 is 2.38 bits per heavy atom. The number of amides is 3. The van der Waals surface area contributed by atoms with Gasteiger partial charge < -0.3 is 26.4 Å². The summed E-state index contributed by atoms with van der Waals surface area (Å²) in [5.74, 6) is -1.77. The van der Waals surface area contributed by atoms with Gasteiger partial charge in [0.15, 0.2) is 5.69 Å². The molecule has 1 fully saturated rings. The van der Waals surface area contributed by atoms with E-state index in [0.29, 0.717) is 24.4 Å². The predicted molar refractivity (Wildman–Crippen MR) is 144 cm³/mol. The van der Waals surface area contributed by atoms with E-state index in [1.54, 1.807) is 24.3 Å². The Hall–Kier alpha value is -3.96. The fraction of sp³-hybridized carbons (Fsp3) is 0.308. The molecule has 37 heavy (non-hydrogen) atoms. The van der Waals surface area contributed by atoms with Crippen LogP contribution in [0.3, 0.4) is 0 Å². The smallest absolute Gasteiger partial charge is 0.273 e. The lowest BCUT2D eigenvalue weighted by Gasteiger charge is -2.31. The molecule has 10 nitrogen and oxygen atoms in total. The van der Waals surface area contributed by atoms with Gasteiger partial charge in [-0.1, -0.05) is 30.3 Å². The molecule has 5 N–H and O–H groups in total. The molecule has 3 aromatic rings. The SMILES string of the molecule is CN(C)c1ccc([C@@H](C(=O)NC[C@@H]2CCCO2)N(C(=O)c2snc(C(N)=O)c2N)c2ccccc2)cc1. The first kappa shape index (κ1) is 26.1. The Morgan fingerprint density at radius 2 is 1.81 bits per heavy atom. The standard InChI is InChI=1S/C26H30N6O4S/c1-31(2)17-12-10-16(11-13-17)22(25(34)29-15-19-9-6-14-36-19)32(18-7-4-3-5-8-18)26(35)23-20(27)21(24(28)33)30-37-23/h3-5,7-8,10-13,19,22H,6,9,14-15,27H2,1-2H3,(H2,28,33)(H,29,34)/t19-,22-/m0/s1. The number of hydrogen-bond donors (Lipinski definition) is 3. The Labute approximate surface area is 219 Å². The summed E-state index contributed by atoms with van der Waals surface area (Å²) < 4.78 is 9.65. The summed E-state index contributed by atoms with van der Waals surface area (Å²) in [6, 6.07) is 15.2. The monoisotopic (exact) mass is 522 g/mol. The zero-order chi connectivity index (χ0) is 26.5. The lowest BCUT2D eigenvalue weighted by atomic mass is 10.0. The molecule has 1 aliphatic heterocycles. The highest BCUT2D eigenvalue weighted by atomic mass is 32.1. The van der Waals surface area contributed by atoms with Crippen LogP contribution in [-0.2, 0) is 9.53 Å². The quantitative estimate of drug-likeness (QED) is 0.392. The number of hydrogen-bond acceptors (Lipinski definition) is 8. The van der Waals surface area contributed by atoms with Gasteiger partial charge in [0.1, 0.15) is 10.9 Å². The normalized spacial score (nSPS) is 15.7. The number of anilines is 3. The molecule has 194 valence electrons. The third-order valence-corrected chi connectivity index (χ3v) is 7.02. The number of nitrogens with zero attached hydrogens (tertiary/aromatic N) is 3. The first-order chi connectivity index (χ1) is 17.8. The van der Waals surface area contributed by atoms with Crippen molar-refractivity contribution in [2.75, 3.05) is 42.8 Å². The number of aromatic nitrogens is 1. The lowest BCUT2D eigenvalue weighted by Crippen LogP contribution is -2.45. The Kier molecular flexibility index (Phi) is 8.04. The number of benzene rings is 2. The van der Waals surface area contributed by atoms with Crippen LogP contribution in [0.4, 0.5) is 17.1 Å². The van der Waals surface area contributed by atoms with Crippen molar-refractivity contribution in [3.63, 3.8) is 0 Å². The van der Waals surface area contributed by atoms with Gasteiger partial charge in [0.2, 0.25) is 5.91 Å². The van der Waals surface area contributed by atoms with Gasteiger partial charge in [0.25, 0.3) is 11.8 Å². The minimum absolute atomic E-state index is 0.0273. The van der Waals surface area contributed by atoms with Crippen molar-refractivity contribution in [2.24, 2.45) is 5.73 Å². The van der Waals surface area contributed by atoms with Crippen molar-refractivity contribution in [3.8, 4) is 0 Å². The van der Waals surface area contributed by atoms with E-state index in [1.807, 2.05) is 49.3 Å². The minimum Gasteiger partial charge on any atom is -0.395 e. The van der Waals surface area contributed by atoms with Gasteiger partial charge in [-0.3, -0.25) is 19.3 Å². The molecule has 1 aliphatic rings. The van der Waals surface area contributed by atoms with Crippen LogP contribution < -0.4 is 26.6 Å². The zero-order valence-corrected chi connectivity index (χ0v) is 21.5. The highest BCUT2D eigenvalue weighted by molar-refractivity contribution is 7.09. The zero-order valence-electron chi connectivity index (χ0n) is 20.7. The number of nitrogens with two attached hydrogens (primary N) is 2. The Morgan fingerprint density at radius 1 is 1.11 bits per heavy atom. The summed E-state index contributed by atoms with van der Waals surface area (Å²) in [4.78, 5) is 42.9. The van der Waals surface area contributed by atoms with Gasteiger partial charge >= 0.3 is 0 Å². The number of ether oxygens (including phenoxy) is 1. The molecule has 0 radical (unpaired) electrons. The highest BCUT2D eigenvalue weighted by Gasteiger charge is 2.36. The number of para-hydroxylation sites is 1. The fourth-order valence-electron chi connectivity index (χ4n) is 4.20. The van der Waals surface area contributed by atoms with Crippen LogP contribution in [0.5, 0.6) is 0 Å². The van der Waals surface area contributed by atoms with E-state index in [9.17, 15) is 14.4 Å². The first-order valence-corrected chi connectivity index (χ1v) is 12.7. The van der Waals surface area contributed by atoms with Crippen LogP contribution in [0.15, 0.2) is 54.6 Å². The molecule has 0 saturated carbocycles. The molecule has 1 aromatic heterocycles. The van der Waals surface area contributed by atoms with E-state index in [2.05, 4.69) is 9.69 Å². The van der Waals surface area contributed by atoms with Crippen molar-refractivity contribution >= 4 is 46.3 Å². The molecule has 1 saturated heterocycles. The molecule has 0 aliphatic carbocycles. The Bertz CT molecular complexity index is 1260. The Balaban J connectivity index is 1.79. The molecule has 11 heteroatoms. The van der Waals surface area contributed by atoms with Gasteiger partial charge in [-0.2, -0.15) is 4.37 Å². The minimum atomic E-state index is -1.04. The van der Waals surface area contributed by atoms with E-state index in [0.717, 1.165) is 30.1 Å². The van der Waals surface area contributed by atoms with Gasteiger partial charge in [-0.25, -0.2) is 0 Å². The predicted octanol–water partition coefficient (Wildman–Crippen LogP) is 2.57. The maximum absolute atomic E-state index is 14.0. The third-order valence-electron chi connectivity index (χ3n) is 6.17. The number of primary amides is 1. The van der Waals surface area contributed by atoms with Gasteiger partial charge in [-0.15, -0.1) is 0 Å². The topological polar surface area (TPSA) is 144 Å². The summed E-state index contributed by atoms with van der Waals surface area (Å²) >= 11 is 0.775. The van der Waals surface area contributed by atoms with Crippen molar-refractivity contribution in [1.29, 1.82) is 0 Å². The van der Waals surface area contributed by atoms with Crippen molar-refractivity contribution in [1.82, 2.24) is 9.69 Å². The summed E-state index contributed by atoms with van der Waals surface area (Å²) in [5, 5.41) is 2.97. The van der Waals surface area contributed by atoms with Crippen LogP contribution in [0.2, 0.25) is 0 Å². The van der Waals surface area contributed by atoms with Crippen LogP contribution >= 0.6 is 11.5 Å². The first-order valence-electron chi connectivity index (χ1n) is 11.9. The summed E-state index contributed by atoms with van der Waals surface area (Å²) in [5.41, 5.74) is 13.2. The number of carbonyl (C=O) groups excluding carboxylic acids is 3. The van der Waals surface area contributed by atoms with Crippen LogP contribution in [-0.4, -0.2) is 55.4 Å². The van der Waals surface area contributed by atoms with Crippen molar-refractivity contribution in [3.05, 3.63) is 70.7 Å². The molecule has 0 spiro atoms. The number of carbonyl (C=O) groups is 3. The third kappa shape index (κ3) is 5.73. The van der Waals surface area contributed by atoms with Crippen LogP contribution in [0.25, 0.3) is 0 Å². The average molecular weight is 523 g/mol.